The van der Waals surface area contributed by atoms with Gasteiger partial charge >= 0.3 is 12.8 Å². The van der Waals surface area contributed by atoms with Gasteiger partial charge in [-0.2, -0.15) is 31.7 Å². The average Bonchev–Trinajstić information content (AvgIpc) is 2.84. The van der Waals surface area contributed by atoms with Crippen LogP contribution in [0.4, 0.5) is 37.8 Å². The van der Waals surface area contributed by atoms with Gasteiger partial charge in [0.05, 0.1) is 11.3 Å². The van der Waals surface area contributed by atoms with Gasteiger partial charge in [0.1, 0.15) is 23.3 Å². The highest BCUT2D eigenvalue weighted by atomic mass is 19.4. The van der Waals surface area contributed by atoms with E-state index in [-0.39, 0.29) is 33.6 Å². The molecule has 2 aromatic heterocycles. The number of nitrogens with one attached hydrogen (secondary N) is 1. The molecule has 4 aromatic rings. The number of nitrogens with two attached hydrogens (primary N) is 1. The summed E-state index contributed by atoms with van der Waals surface area (Å²) in [5.74, 6) is -2.08. The number of hydrogen-bond donors (Lipinski definition) is 2. The normalized spacial score (nSPS) is 12.0. The summed E-state index contributed by atoms with van der Waals surface area (Å²) in [4.78, 5) is 21.5. The molecule has 198 valence electrons. The zero-order chi connectivity index (χ0) is 27.6. The summed E-state index contributed by atoms with van der Waals surface area (Å²) >= 11 is 0. The van der Waals surface area contributed by atoms with E-state index in [0.29, 0.717) is 11.3 Å². The minimum Gasteiger partial charge on any atom is -0.435 e. The lowest BCUT2D eigenvalue weighted by Gasteiger charge is -2.15. The molecule has 14 heteroatoms. The molecule has 0 aliphatic heterocycles. The third kappa shape index (κ3) is 5.68. The van der Waals surface area contributed by atoms with Crippen molar-refractivity contribution in [1.82, 2.24) is 14.8 Å². The lowest BCUT2D eigenvalue weighted by atomic mass is 10.1. The molecule has 0 saturated carbocycles. The molecule has 0 saturated heterocycles. The molecule has 0 spiro atoms. The Morgan fingerprint density at radius 1 is 1.16 bits per heavy atom. The molecule has 0 aliphatic rings. The van der Waals surface area contributed by atoms with Crippen LogP contribution in [0.2, 0.25) is 0 Å². The van der Waals surface area contributed by atoms with Gasteiger partial charge in [-0.1, -0.05) is 12.1 Å². The summed E-state index contributed by atoms with van der Waals surface area (Å²) in [6.45, 7) is -4.66. The fourth-order valence-corrected chi connectivity index (χ4v) is 3.59. The first-order valence-corrected chi connectivity index (χ1v) is 10.8. The summed E-state index contributed by atoms with van der Waals surface area (Å²) in [6.07, 6.45) is -3.21. The topological polar surface area (TPSA) is 107 Å². The number of anilines is 2. The Morgan fingerprint density at radius 3 is 2.50 bits per heavy atom. The molecule has 0 radical (unpaired) electrons. The lowest BCUT2D eigenvalue weighted by Crippen LogP contribution is -2.25. The van der Waals surface area contributed by atoms with E-state index in [9.17, 15) is 31.1 Å². The van der Waals surface area contributed by atoms with Crippen LogP contribution < -0.4 is 21.3 Å². The molecule has 38 heavy (non-hydrogen) atoms. The molecular weight excluding hydrogens is 518 g/mol. The SMILES string of the molecule is CN=Cc1cc(-n2nc3cc(F)c(NCC(F)(F)F)nc3c(-c3ccc(OC(F)F)cc3)c2=O)ccc1N. The van der Waals surface area contributed by atoms with Crippen molar-refractivity contribution in [2.75, 3.05) is 24.6 Å². The van der Waals surface area contributed by atoms with Gasteiger partial charge in [-0.15, -0.1) is 0 Å². The van der Waals surface area contributed by atoms with Crippen molar-refractivity contribution in [2.45, 2.75) is 12.8 Å². The predicted octanol–water partition coefficient (Wildman–Crippen LogP) is 4.79. The first-order valence-electron chi connectivity index (χ1n) is 10.8. The number of hydrogen-bond acceptors (Lipinski definition) is 7. The van der Waals surface area contributed by atoms with Crippen LogP contribution in [0.3, 0.4) is 0 Å². The molecule has 0 bridgehead atoms. The smallest absolute Gasteiger partial charge is 0.405 e. The van der Waals surface area contributed by atoms with Gasteiger partial charge in [-0.05, 0) is 35.9 Å². The highest BCUT2D eigenvalue weighted by molar-refractivity contribution is 5.92. The summed E-state index contributed by atoms with van der Waals surface area (Å²) in [6, 6.07) is 10.2. The fourth-order valence-electron chi connectivity index (χ4n) is 3.59. The Morgan fingerprint density at radius 2 is 1.87 bits per heavy atom. The summed E-state index contributed by atoms with van der Waals surface area (Å²) < 4.78 is 83.3. The molecular formula is C24H18F6N6O2. The monoisotopic (exact) mass is 536 g/mol. The summed E-state index contributed by atoms with van der Waals surface area (Å²) in [5, 5.41) is 6.04. The Kier molecular flexibility index (Phi) is 7.23. The minimum atomic E-state index is -4.66. The van der Waals surface area contributed by atoms with Crippen molar-refractivity contribution in [3.63, 3.8) is 0 Å². The van der Waals surface area contributed by atoms with Crippen LogP contribution in [0.1, 0.15) is 5.56 Å². The zero-order valence-electron chi connectivity index (χ0n) is 19.4. The Hall–Kier alpha value is -4.62. The minimum absolute atomic E-state index is 0.143. The van der Waals surface area contributed by atoms with Crippen LogP contribution in [0.15, 0.2) is 58.3 Å². The largest absolute Gasteiger partial charge is 0.435 e. The van der Waals surface area contributed by atoms with Crippen molar-refractivity contribution in [3.05, 3.63) is 70.3 Å². The van der Waals surface area contributed by atoms with E-state index in [4.69, 9.17) is 5.73 Å². The molecule has 0 fully saturated rings. The van der Waals surface area contributed by atoms with Crippen LogP contribution in [-0.4, -0.2) is 47.4 Å². The van der Waals surface area contributed by atoms with Gasteiger partial charge in [0, 0.05) is 30.6 Å². The number of pyridine rings is 1. The number of aromatic nitrogens is 3. The lowest BCUT2D eigenvalue weighted by molar-refractivity contribution is -0.115. The van der Waals surface area contributed by atoms with E-state index < -0.39 is 36.5 Å². The number of ether oxygens (including phenoxy) is 1. The van der Waals surface area contributed by atoms with E-state index >= 15 is 0 Å². The number of alkyl halides is 5. The molecule has 2 heterocycles. The number of benzene rings is 2. The van der Waals surface area contributed by atoms with Gasteiger partial charge in [0.2, 0.25) is 0 Å². The van der Waals surface area contributed by atoms with E-state index in [2.05, 4.69) is 19.8 Å². The van der Waals surface area contributed by atoms with Crippen molar-refractivity contribution >= 4 is 28.8 Å². The molecule has 3 N–H and O–H groups in total. The van der Waals surface area contributed by atoms with Gasteiger partial charge in [0.25, 0.3) is 5.56 Å². The molecule has 4 rings (SSSR count). The van der Waals surface area contributed by atoms with E-state index in [0.717, 1.165) is 10.7 Å². The Labute approximate surface area is 210 Å². The molecule has 0 amide bonds. The Balaban J connectivity index is 1.97. The quantitative estimate of drug-likeness (QED) is 0.200. The van der Waals surface area contributed by atoms with Gasteiger partial charge < -0.3 is 15.8 Å². The standard InChI is InChI=1S/C24H18F6N6O2/c1-32-10-13-8-14(4-7-17(13)31)36-22(37)19(12-2-5-15(6-3-12)38-23(26)27)20-18(35-36)9-16(25)21(34-20)33-11-24(28,29)30/h2-10,23H,11,31H2,1H3,(H,33,34). The highest BCUT2D eigenvalue weighted by Gasteiger charge is 2.28. The van der Waals surface area contributed by atoms with Crippen LogP contribution in [0.25, 0.3) is 27.8 Å². The second-order valence-corrected chi connectivity index (χ2v) is 7.85. The van der Waals surface area contributed by atoms with E-state index in [1.54, 1.807) is 0 Å². The number of fused-ring (bicyclic) bond motifs is 1. The van der Waals surface area contributed by atoms with Gasteiger partial charge in [-0.25, -0.2) is 9.37 Å². The maximum atomic E-state index is 14.7. The molecule has 0 unspecified atom stereocenters. The first-order chi connectivity index (χ1) is 18.0. The van der Waals surface area contributed by atoms with Crippen molar-refractivity contribution in [2.24, 2.45) is 4.99 Å². The number of aliphatic imine (C=N–C) groups is 1. The van der Waals surface area contributed by atoms with E-state index in [1.165, 1.54) is 55.7 Å². The Bertz CT molecular complexity index is 1570. The predicted molar refractivity (Wildman–Crippen MR) is 130 cm³/mol. The van der Waals surface area contributed by atoms with E-state index in [1.807, 2.05) is 5.32 Å². The maximum absolute atomic E-state index is 14.7. The highest BCUT2D eigenvalue weighted by Crippen LogP contribution is 2.29. The molecule has 8 nitrogen and oxygen atoms in total. The summed E-state index contributed by atoms with van der Waals surface area (Å²) in [5.41, 5.74) is 5.80. The number of rotatable bonds is 7. The zero-order valence-corrected chi connectivity index (χ0v) is 19.4. The van der Waals surface area contributed by atoms with Crippen LogP contribution in [0.5, 0.6) is 5.75 Å². The first kappa shape index (κ1) is 26.4. The second-order valence-electron chi connectivity index (χ2n) is 7.85. The second kappa shape index (κ2) is 10.4. The van der Waals surface area contributed by atoms with Crippen LogP contribution in [-0.2, 0) is 0 Å². The van der Waals surface area contributed by atoms with Gasteiger partial charge in [-0.3, -0.25) is 9.79 Å². The number of nitrogens with zero attached hydrogens (tertiary/aromatic N) is 4. The fraction of sp³-hybridized carbons (Fsp3) is 0.167. The third-order valence-electron chi connectivity index (χ3n) is 5.21. The molecule has 2 aromatic carbocycles. The molecule has 0 aliphatic carbocycles. The third-order valence-corrected chi connectivity index (χ3v) is 5.21. The van der Waals surface area contributed by atoms with Crippen LogP contribution in [0, 0.1) is 5.82 Å². The molecule has 0 atom stereocenters. The van der Waals surface area contributed by atoms with Crippen molar-refractivity contribution < 1.29 is 31.1 Å². The van der Waals surface area contributed by atoms with Crippen molar-refractivity contribution in [3.8, 4) is 22.6 Å². The summed E-state index contributed by atoms with van der Waals surface area (Å²) in [7, 11) is 1.52. The number of halogens is 6. The average molecular weight is 536 g/mol. The van der Waals surface area contributed by atoms with Gasteiger partial charge in [0.15, 0.2) is 11.6 Å². The maximum Gasteiger partial charge on any atom is 0.405 e. The number of nitrogen functional groups attached to an aromatic ring is 1. The van der Waals surface area contributed by atoms with Crippen molar-refractivity contribution in [1.29, 1.82) is 0 Å². The van der Waals surface area contributed by atoms with Crippen LogP contribution >= 0.6 is 0 Å².